The monoisotopic (exact) mass is 280 g/mol. The molecule has 1 amide bonds. The minimum atomic E-state index is -0.0864. The summed E-state index contributed by atoms with van der Waals surface area (Å²) in [6, 6.07) is 11.5. The van der Waals surface area contributed by atoms with Crippen LogP contribution in [0.5, 0.6) is 0 Å². The molecule has 0 unspecified atom stereocenters. The Morgan fingerprint density at radius 2 is 2.00 bits per heavy atom. The van der Waals surface area contributed by atoms with Gasteiger partial charge >= 0.3 is 0 Å². The number of anilines is 1. The van der Waals surface area contributed by atoms with Gasteiger partial charge in [0.15, 0.2) is 5.65 Å². The lowest BCUT2D eigenvalue weighted by Gasteiger charge is -2.06. The molecule has 0 fully saturated rings. The van der Waals surface area contributed by atoms with Gasteiger partial charge in [0.25, 0.3) is 0 Å². The topological polar surface area (TPSA) is 59.3 Å². The Morgan fingerprint density at radius 3 is 2.76 bits per heavy atom. The van der Waals surface area contributed by atoms with Gasteiger partial charge in [0.1, 0.15) is 0 Å². The van der Waals surface area contributed by atoms with Crippen molar-refractivity contribution in [2.45, 2.75) is 20.8 Å². The van der Waals surface area contributed by atoms with E-state index in [-0.39, 0.29) is 5.91 Å². The van der Waals surface area contributed by atoms with E-state index < -0.39 is 0 Å². The number of nitrogens with zero attached hydrogens (tertiary/aromatic N) is 3. The van der Waals surface area contributed by atoms with Crippen LogP contribution in [0, 0.1) is 13.8 Å². The largest absolute Gasteiger partial charge is 0.326 e. The molecule has 106 valence electrons. The fourth-order valence-electron chi connectivity index (χ4n) is 2.27. The van der Waals surface area contributed by atoms with Gasteiger partial charge in [0.2, 0.25) is 5.91 Å². The number of carbonyl (C=O) groups is 1. The lowest BCUT2D eigenvalue weighted by atomic mass is 10.1. The summed E-state index contributed by atoms with van der Waals surface area (Å²) in [7, 11) is 0. The first kappa shape index (κ1) is 13.3. The summed E-state index contributed by atoms with van der Waals surface area (Å²) < 4.78 is 1.84. The molecule has 0 radical (unpaired) electrons. The van der Waals surface area contributed by atoms with E-state index in [1.165, 1.54) is 6.92 Å². The van der Waals surface area contributed by atoms with Crippen molar-refractivity contribution in [1.29, 1.82) is 0 Å². The van der Waals surface area contributed by atoms with Gasteiger partial charge in [-0.15, -0.1) is 0 Å². The van der Waals surface area contributed by atoms with Crippen LogP contribution >= 0.6 is 0 Å². The van der Waals surface area contributed by atoms with Crippen LogP contribution in [0.15, 0.2) is 36.4 Å². The standard InChI is InChI=1S/C16H16N4O/c1-10-11(2)20-16(17-10)8-7-15(19-20)13-5-4-6-14(9-13)18-12(3)21/h4-9H,1-3H3,(H,18,21). The number of fused-ring (bicyclic) bond motifs is 1. The fraction of sp³-hybridized carbons (Fsp3) is 0.188. The van der Waals surface area contributed by atoms with E-state index in [2.05, 4.69) is 15.4 Å². The van der Waals surface area contributed by atoms with Crippen molar-refractivity contribution in [3.05, 3.63) is 47.8 Å². The summed E-state index contributed by atoms with van der Waals surface area (Å²) >= 11 is 0. The van der Waals surface area contributed by atoms with Crippen molar-refractivity contribution in [2.75, 3.05) is 5.32 Å². The minimum Gasteiger partial charge on any atom is -0.326 e. The molecule has 0 saturated carbocycles. The number of benzene rings is 1. The molecule has 21 heavy (non-hydrogen) atoms. The number of rotatable bonds is 2. The second kappa shape index (κ2) is 5.01. The molecule has 0 aliphatic heterocycles. The lowest BCUT2D eigenvalue weighted by Crippen LogP contribution is -2.05. The van der Waals surface area contributed by atoms with Crippen molar-refractivity contribution in [3.8, 4) is 11.3 Å². The average molecular weight is 280 g/mol. The van der Waals surface area contributed by atoms with E-state index in [9.17, 15) is 4.79 Å². The zero-order valence-electron chi connectivity index (χ0n) is 12.2. The van der Waals surface area contributed by atoms with Gasteiger partial charge < -0.3 is 5.32 Å². The summed E-state index contributed by atoms with van der Waals surface area (Å²) in [6.07, 6.45) is 0. The SMILES string of the molecule is CC(=O)Nc1cccc(-c2ccc3nc(C)c(C)n3n2)c1. The second-order valence-corrected chi connectivity index (χ2v) is 5.03. The summed E-state index contributed by atoms with van der Waals surface area (Å²) in [5.74, 6) is -0.0864. The lowest BCUT2D eigenvalue weighted by molar-refractivity contribution is -0.114. The number of imidazole rings is 1. The van der Waals surface area contributed by atoms with Gasteiger partial charge in [-0.05, 0) is 38.1 Å². The second-order valence-electron chi connectivity index (χ2n) is 5.03. The third kappa shape index (κ3) is 2.50. The number of amides is 1. The summed E-state index contributed by atoms with van der Waals surface area (Å²) in [6.45, 7) is 5.47. The molecule has 1 aromatic carbocycles. The highest BCUT2D eigenvalue weighted by molar-refractivity contribution is 5.89. The van der Waals surface area contributed by atoms with Crippen molar-refractivity contribution >= 4 is 17.2 Å². The van der Waals surface area contributed by atoms with Gasteiger partial charge in [-0.1, -0.05) is 12.1 Å². The predicted molar refractivity (Wildman–Crippen MR) is 82.2 cm³/mol. The van der Waals surface area contributed by atoms with Crippen molar-refractivity contribution in [3.63, 3.8) is 0 Å². The maximum atomic E-state index is 11.1. The molecular weight excluding hydrogens is 264 g/mol. The molecule has 0 aliphatic carbocycles. The van der Waals surface area contributed by atoms with Gasteiger partial charge in [-0.25, -0.2) is 9.50 Å². The van der Waals surface area contributed by atoms with E-state index in [4.69, 9.17) is 0 Å². The number of carbonyl (C=O) groups excluding carboxylic acids is 1. The number of nitrogens with one attached hydrogen (secondary N) is 1. The van der Waals surface area contributed by atoms with Crippen LogP contribution < -0.4 is 5.32 Å². The first-order valence-corrected chi connectivity index (χ1v) is 6.75. The van der Waals surface area contributed by atoms with Crippen molar-refractivity contribution in [2.24, 2.45) is 0 Å². The zero-order chi connectivity index (χ0) is 15.0. The van der Waals surface area contributed by atoms with E-state index >= 15 is 0 Å². The van der Waals surface area contributed by atoms with Crippen LogP contribution in [-0.2, 0) is 4.79 Å². The van der Waals surface area contributed by atoms with E-state index in [0.29, 0.717) is 0 Å². The molecule has 5 nitrogen and oxygen atoms in total. The molecule has 3 aromatic rings. The molecule has 0 saturated heterocycles. The quantitative estimate of drug-likeness (QED) is 0.785. The van der Waals surface area contributed by atoms with E-state index in [1.54, 1.807) is 0 Å². The summed E-state index contributed by atoms with van der Waals surface area (Å²) in [4.78, 5) is 15.6. The molecule has 0 spiro atoms. The average Bonchev–Trinajstić information content (AvgIpc) is 2.73. The highest BCUT2D eigenvalue weighted by Crippen LogP contribution is 2.22. The van der Waals surface area contributed by atoms with Gasteiger partial charge in [-0.2, -0.15) is 5.10 Å². The Labute approximate surface area is 122 Å². The first-order chi connectivity index (χ1) is 10.0. The Hall–Kier alpha value is -2.69. The molecule has 0 atom stereocenters. The normalized spacial score (nSPS) is 10.8. The highest BCUT2D eigenvalue weighted by Gasteiger charge is 2.08. The number of hydrogen-bond donors (Lipinski definition) is 1. The Morgan fingerprint density at radius 1 is 1.19 bits per heavy atom. The molecule has 0 aliphatic rings. The van der Waals surface area contributed by atoms with E-state index in [1.807, 2.05) is 54.8 Å². The first-order valence-electron chi connectivity index (χ1n) is 6.75. The van der Waals surface area contributed by atoms with Crippen LogP contribution in [0.2, 0.25) is 0 Å². The maximum Gasteiger partial charge on any atom is 0.221 e. The summed E-state index contributed by atoms with van der Waals surface area (Å²) in [5, 5.41) is 7.41. The number of aromatic nitrogens is 3. The molecule has 2 aromatic heterocycles. The minimum absolute atomic E-state index is 0.0864. The Balaban J connectivity index is 2.07. The van der Waals surface area contributed by atoms with Crippen molar-refractivity contribution in [1.82, 2.24) is 14.6 Å². The van der Waals surface area contributed by atoms with Gasteiger partial charge in [-0.3, -0.25) is 4.79 Å². The summed E-state index contributed by atoms with van der Waals surface area (Å²) in [5.41, 5.74) is 5.41. The van der Waals surface area contributed by atoms with Gasteiger partial charge in [0.05, 0.1) is 17.1 Å². The van der Waals surface area contributed by atoms with Crippen LogP contribution in [0.3, 0.4) is 0 Å². The Bertz CT molecular complexity index is 835. The van der Waals surface area contributed by atoms with Crippen LogP contribution in [0.4, 0.5) is 5.69 Å². The van der Waals surface area contributed by atoms with Crippen molar-refractivity contribution < 1.29 is 4.79 Å². The molecule has 1 N–H and O–H groups in total. The predicted octanol–water partition coefficient (Wildman–Crippen LogP) is 2.97. The van der Waals surface area contributed by atoms with Crippen LogP contribution in [0.1, 0.15) is 18.3 Å². The number of hydrogen-bond acceptors (Lipinski definition) is 3. The number of aryl methyl sites for hydroxylation is 2. The zero-order valence-corrected chi connectivity index (χ0v) is 12.2. The molecule has 3 rings (SSSR count). The van der Waals surface area contributed by atoms with E-state index in [0.717, 1.165) is 34.0 Å². The molecule has 0 bridgehead atoms. The molecule has 2 heterocycles. The third-order valence-corrected chi connectivity index (χ3v) is 3.42. The Kier molecular flexibility index (Phi) is 3.17. The van der Waals surface area contributed by atoms with Crippen LogP contribution in [0.25, 0.3) is 16.9 Å². The van der Waals surface area contributed by atoms with Gasteiger partial charge in [0, 0.05) is 18.2 Å². The maximum absolute atomic E-state index is 11.1. The van der Waals surface area contributed by atoms with Crippen LogP contribution in [-0.4, -0.2) is 20.5 Å². The molecule has 5 heteroatoms. The fourth-order valence-corrected chi connectivity index (χ4v) is 2.27. The highest BCUT2D eigenvalue weighted by atomic mass is 16.1. The smallest absolute Gasteiger partial charge is 0.221 e. The molecular formula is C16H16N4O. The third-order valence-electron chi connectivity index (χ3n) is 3.42.